The van der Waals surface area contributed by atoms with Crippen molar-refractivity contribution >= 4 is 11.7 Å². The largest absolute Gasteiger partial charge is 0.392 e. The summed E-state index contributed by atoms with van der Waals surface area (Å²) in [7, 11) is 1.57. The number of aryl methyl sites for hydroxylation is 1. The third-order valence-corrected chi connectivity index (χ3v) is 3.71. The first kappa shape index (κ1) is 15.4. The zero-order chi connectivity index (χ0) is 15.6. The van der Waals surface area contributed by atoms with Crippen LogP contribution in [0.5, 0.6) is 0 Å². The van der Waals surface area contributed by atoms with Gasteiger partial charge in [-0.1, -0.05) is 12.8 Å². The van der Waals surface area contributed by atoms with Crippen LogP contribution in [-0.4, -0.2) is 21.9 Å². The van der Waals surface area contributed by atoms with E-state index < -0.39 is 23.9 Å². The molecule has 8 heteroatoms. The number of nitriles is 1. The van der Waals surface area contributed by atoms with Crippen LogP contribution in [-0.2, 0) is 11.8 Å². The quantitative estimate of drug-likeness (QED) is 0.912. The number of carbonyl (C=O) groups is 1. The summed E-state index contributed by atoms with van der Waals surface area (Å²) in [6.45, 7) is 0. The molecule has 1 N–H and O–H groups in total. The Labute approximate surface area is 119 Å². The number of alkyl halides is 3. The monoisotopic (exact) mass is 300 g/mol. The Morgan fingerprint density at radius 2 is 2.14 bits per heavy atom. The van der Waals surface area contributed by atoms with Gasteiger partial charge in [-0.25, -0.2) is 0 Å². The molecule has 2 atom stereocenters. The van der Waals surface area contributed by atoms with Gasteiger partial charge < -0.3 is 5.32 Å². The molecular formula is C13H15F3N4O. The van der Waals surface area contributed by atoms with E-state index in [4.69, 9.17) is 5.26 Å². The van der Waals surface area contributed by atoms with Gasteiger partial charge in [-0.15, -0.1) is 0 Å². The number of halogens is 3. The predicted octanol–water partition coefficient (Wildman–Crippen LogP) is 2.60. The van der Waals surface area contributed by atoms with Gasteiger partial charge in [-0.3, -0.25) is 9.48 Å². The first-order chi connectivity index (χ1) is 9.82. The fourth-order valence-electron chi connectivity index (χ4n) is 2.71. The lowest BCUT2D eigenvalue weighted by molar-refractivity contribution is -0.197. The molecule has 1 saturated carbocycles. The number of amides is 1. The summed E-state index contributed by atoms with van der Waals surface area (Å²) < 4.78 is 40.3. The minimum absolute atomic E-state index is 0.0106. The lowest BCUT2D eigenvalue weighted by Gasteiger charge is -2.31. The standard InChI is InChI=1S/C13H15F3N4O/c1-20-7-8(6-17)11(19-20)18-12(21)9-4-2-3-5-10(9)13(14,15)16/h7,9-10H,2-5H2,1H3,(H,18,19,21). The van der Waals surface area contributed by atoms with E-state index in [1.807, 2.05) is 6.07 Å². The Kier molecular flexibility index (Phi) is 4.21. The highest BCUT2D eigenvalue weighted by Gasteiger charge is 2.48. The minimum Gasteiger partial charge on any atom is -0.308 e. The summed E-state index contributed by atoms with van der Waals surface area (Å²) in [6, 6.07) is 1.85. The minimum atomic E-state index is -4.38. The molecule has 1 aliphatic carbocycles. The van der Waals surface area contributed by atoms with E-state index in [2.05, 4.69) is 10.4 Å². The Hall–Kier alpha value is -2.04. The molecule has 1 aromatic heterocycles. The van der Waals surface area contributed by atoms with Crippen LogP contribution in [0.3, 0.4) is 0 Å². The van der Waals surface area contributed by atoms with E-state index in [-0.39, 0.29) is 24.2 Å². The second kappa shape index (κ2) is 5.76. The Balaban J connectivity index is 2.16. The second-order valence-electron chi connectivity index (χ2n) is 5.21. The highest BCUT2D eigenvalue weighted by Crippen LogP contribution is 2.41. The van der Waals surface area contributed by atoms with Gasteiger partial charge in [0.2, 0.25) is 5.91 Å². The zero-order valence-corrected chi connectivity index (χ0v) is 11.4. The summed E-state index contributed by atoms with van der Waals surface area (Å²) in [5, 5.41) is 15.1. The van der Waals surface area contributed by atoms with Crippen LogP contribution in [0, 0.1) is 23.2 Å². The normalized spacial score (nSPS) is 22.6. The average molecular weight is 300 g/mol. The molecule has 0 bridgehead atoms. The van der Waals surface area contributed by atoms with Gasteiger partial charge in [0.1, 0.15) is 11.6 Å². The third-order valence-electron chi connectivity index (χ3n) is 3.71. The first-order valence-electron chi connectivity index (χ1n) is 6.64. The molecule has 1 aliphatic rings. The molecular weight excluding hydrogens is 285 g/mol. The maximum absolute atomic E-state index is 13.0. The molecule has 5 nitrogen and oxygen atoms in total. The van der Waals surface area contributed by atoms with Gasteiger partial charge in [-0.05, 0) is 12.8 Å². The van der Waals surface area contributed by atoms with Crippen LogP contribution in [0.4, 0.5) is 19.0 Å². The maximum atomic E-state index is 13.0. The van der Waals surface area contributed by atoms with Crippen molar-refractivity contribution in [2.45, 2.75) is 31.9 Å². The fourth-order valence-corrected chi connectivity index (χ4v) is 2.71. The highest BCUT2D eigenvalue weighted by molar-refractivity contribution is 5.93. The van der Waals surface area contributed by atoms with E-state index in [9.17, 15) is 18.0 Å². The molecule has 0 radical (unpaired) electrons. The van der Waals surface area contributed by atoms with Crippen molar-refractivity contribution in [3.63, 3.8) is 0 Å². The number of hydrogen-bond acceptors (Lipinski definition) is 3. The van der Waals surface area contributed by atoms with Gasteiger partial charge in [0.15, 0.2) is 5.82 Å². The van der Waals surface area contributed by atoms with Crippen molar-refractivity contribution in [3.8, 4) is 6.07 Å². The van der Waals surface area contributed by atoms with Crippen LogP contribution in [0.15, 0.2) is 6.20 Å². The lowest BCUT2D eigenvalue weighted by atomic mass is 9.78. The third kappa shape index (κ3) is 3.35. The number of rotatable bonds is 2. The molecule has 0 aliphatic heterocycles. The molecule has 2 unspecified atom stereocenters. The number of carbonyl (C=O) groups excluding carboxylic acids is 1. The Morgan fingerprint density at radius 1 is 1.48 bits per heavy atom. The molecule has 0 spiro atoms. The molecule has 114 valence electrons. The van der Waals surface area contributed by atoms with E-state index in [0.29, 0.717) is 12.8 Å². The highest BCUT2D eigenvalue weighted by atomic mass is 19.4. The second-order valence-corrected chi connectivity index (χ2v) is 5.21. The Morgan fingerprint density at radius 3 is 2.76 bits per heavy atom. The van der Waals surface area contributed by atoms with Gasteiger partial charge in [0, 0.05) is 19.2 Å². The van der Waals surface area contributed by atoms with Crippen LogP contribution in [0.2, 0.25) is 0 Å². The summed E-state index contributed by atoms with van der Waals surface area (Å²) in [6.07, 6.45) is -1.75. The van der Waals surface area contributed by atoms with Crippen molar-refractivity contribution in [1.82, 2.24) is 9.78 Å². The zero-order valence-electron chi connectivity index (χ0n) is 11.4. The average Bonchev–Trinajstić information content (AvgIpc) is 2.77. The number of nitrogens with one attached hydrogen (secondary N) is 1. The number of anilines is 1. The fraction of sp³-hybridized carbons (Fsp3) is 0.615. The molecule has 0 saturated heterocycles. The summed E-state index contributed by atoms with van der Waals surface area (Å²) in [4.78, 5) is 12.1. The first-order valence-corrected chi connectivity index (χ1v) is 6.64. The van der Waals surface area contributed by atoms with E-state index in [1.165, 1.54) is 10.9 Å². The van der Waals surface area contributed by atoms with Crippen LogP contribution >= 0.6 is 0 Å². The number of hydrogen-bond donors (Lipinski definition) is 1. The number of aromatic nitrogens is 2. The van der Waals surface area contributed by atoms with Gasteiger partial charge in [-0.2, -0.15) is 23.5 Å². The van der Waals surface area contributed by atoms with E-state index in [0.717, 1.165) is 0 Å². The smallest absolute Gasteiger partial charge is 0.308 e. The molecule has 1 fully saturated rings. The lowest BCUT2D eigenvalue weighted by Crippen LogP contribution is -2.39. The van der Waals surface area contributed by atoms with Gasteiger partial charge in [0.05, 0.1) is 5.92 Å². The van der Waals surface area contributed by atoms with Gasteiger partial charge in [0.25, 0.3) is 0 Å². The van der Waals surface area contributed by atoms with Crippen molar-refractivity contribution in [3.05, 3.63) is 11.8 Å². The summed E-state index contributed by atoms with van der Waals surface area (Å²) >= 11 is 0. The van der Waals surface area contributed by atoms with Crippen molar-refractivity contribution in [1.29, 1.82) is 5.26 Å². The van der Waals surface area contributed by atoms with Crippen molar-refractivity contribution < 1.29 is 18.0 Å². The van der Waals surface area contributed by atoms with Crippen LogP contribution in [0.1, 0.15) is 31.2 Å². The number of nitrogens with zero attached hydrogens (tertiary/aromatic N) is 3. The Bertz CT molecular complexity index is 573. The van der Waals surface area contributed by atoms with Crippen LogP contribution in [0.25, 0.3) is 0 Å². The molecule has 21 heavy (non-hydrogen) atoms. The SMILES string of the molecule is Cn1cc(C#N)c(NC(=O)C2CCCCC2C(F)(F)F)n1. The summed E-state index contributed by atoms with van der Waals surface area (Å²) in [5.41, 5.74) is 0.130. The molecule has 2 rings (SSSR count). The van der Waals surface area contributed by atoms with Crippen molar-refractivity contribution in [2.24, 2.45) is 18.9 Å². The molecule has 1 aromatic rings. The van der Waals surface area contributed by atoms with Crippen LogP contribution < -0.4 is 5.32 Å². The van der Waals surface area contributed by atoms with Gasteiger partial charge >= 0.3 is 6.18 Å². The predicted molar refractivity (Wildman–Crippen MR) is 68.1 cm³/mol. The molecule has 0 aromatic carbocycles. The molecule has 1 amide bonds. The van der Waals surface area contributed by atoms with E-state index >= 15 is 0 Å². The van der Waals surface area contributed by atoms with E-state index in [1.54, 1.807) is 7.05 Å². The topological polar surface area (TPSA) is 70.7 Å². The maximum Gasteiger partial charge on any atom is 0.392 e. The van der Waals surface area contributed by atoms with Crippen molar-refractivity contribution in [2.75, 3.05) is 5.32 Å². The summed E-state index contributed by atoms with van der Waals surface area (Å²) in [5.74, 6) is -3.45. The molecule has 1 heterocycles.